The highest BCUT2D eigenvalue weighted by Crippen LogP contribution is 2.26. The Morgan fingerprint density at radius 3 is 2.68 bits per heavy atom. The minimum absolute atomic E-state index is 0.0187. The second-order valence-corrected chi connectivity index (χ2v) is 5.66. The van der Waals surface area contributed by atoms with Gasteiger partial charge in [-0.15, -0.1) is 0 Å². The predicted molar refractivity (Wildman–Crippen MR) is 79.5 cm³/mol. The van der Waals surface area contributed by atoms with Crippen molar-refractivity contribution in [3.63, 3.8) is 0 Å². The van der Waals surface area contributed by atoms with Gasteiger partial charge in [-0.05, 0) is 37.0 Å². The number of carbonyl (C=O) groups excluding carboxylic acids is 1. The minimum Gasteiger partial charge on any atom is -0.399 e. The zero-order chi connectivity index (χ0) is 14.0. The van der Waals surface area contributed by atoms with E-state index in [0.717, 1.165) is 12.1 Å². The Hall–Kier alpha value is -1.71. The van der Waals surface area contributed by atoms with Crippen LogP contribution in [-0.2, 0) is 0 Å². The van der Waals surface area contributed by atoms with Gasteiger partial charge in [-0.2, -0.15) is 0 Å². The first-order valence-corrected chi connectivity index (χ1v) is 6.86. The number of nitrogens with one attached hydrogen (secondary N) is 1. The highest BCUT2D eigenvalue weighted by atomic mass is 16.1. The van der Waals surface area contributed by atoms with E-state index in [1.807, 2.05) is 31.1 Å². The van der Waals surface area contributed by atoms with Crippen molar-refractivity contribution in [1.29, 1.82) is 0 Å². The minimum atomic E-state index is -0.0187. The number of nitrogens with two attached hydrogens (primary N) is 1. The Balaban J connectivity index is 2.20. The van der Waals surface area contributed by atoms with Crippen molar-refractivity contribution in [2.24, 2.45) is 5.92 Å². The largest absolute Gasteiger partial charge is 0.399 e. The molecule has 2 rings (SSSR count). The van der Waals surface area contributed by atoms with E-state index in [1.54, 1.807) is 6.07 Å². The van der Waals surface area contributed by atoms with Gasteiger partial charge in [0, 0.05) is 31.5 Å². The maximum Gasteiger partial charge on any atom is 0.253 e. The molecular weight excluding hydrogens is 238 g/mol. The summed E-state index contributed by atoms with van der Waals surface area (Å²) < 4.78 is 0. The predicted octanol–water partition coefficient (Wildman–Crippen LogP) is 2.25. The van der Waals surface area contributed by atoms with Gasteiger partial charge >= 0.3 is 0 Å². The molecule has 0 radical (unpaired) electrons. The number of rotatable bonds is 3. The van der Waals surface area contributed by atoms with Gasteiger partial charge in [0.1, 0.15) is 0 Å². The zero-order valence-electron chi connectivity index (χ0n) is 11.9. The molecule has 1 aliphatic carbocycles. The van der Waals surface area contributed by atoms with Crippen LogP contribution in [0.4, 0.5) is 11.4 Å². The van der Waals surface area contributed by atoms with Gasteiger partial charge in [0.05, 0.1) is 5.56 Å². The topological polar surface area (TPSA) is 58.4 Å². The average Bonchev–Trinajstić information content (AvgIpc) is 2.74. The molecule has 0 heterocycles. The van der Waals surface area contributed by atoms with Gasteiger partial charge in [-0.3, -0.25) is 4.79 Å². The molecule has 1 aliphatic rings. The fourth-order valence-electron chi connectivity index (χ4n) is 2.73. The molecule has 1 aromatic carbocycles. The lowest BCUT2D eigenvalue weighted by atomic mass is 10.0. The van der Waals surface area contributed by atoms with E-state index in [4.69, 9.17) is 5.73 Å². The first kappa shape index (κ1) is 13.7. The van der Waals surface area contributed by atoms with Crippen molar-refractivity contribution >= 4 is 17.3 Å². The highest BCUT2D eigenvalue weighted by Gasteiger charge is 2.26. The molecule has 2 atom stereocenters. The summed E-state index contributed by atoms with van der Waals surface area (Å²) >= 11 is 0. The van der Waals surface area contributed by atoms with Crippen LogP contribution in [-0.4, -0.2) is 26.0 Å². The number of carbonyl (C=O) groups is 1. The third-order valence-electron chi connectivity index (χ3n) is 3.93. The van der Waals surface area contributed by atoms with E-state index in [2.05, 4.69) is 12.2 Å². The van der Waals surface area contributed by atoms with E-state index in [1.165, 1.54) is 12.8 Å². The molecule has 1 aromatic rings. The molecule has 104 valence electrons. The van der Waals surface area contributed by atoms with E-state index < -0.39 is 0 Å². The van der Waals surface area contributed by atoms with E-state index in [-0.39, 0.29) is 5.91 Å². The molecule has 19 heavy (non-hydrogen) atoms. The van der Waals surface area contributed by atoms with Crippen LogP contribution >= 0.6 is 0 Å². The van der Waals surface area contributed by atoms with Crippen molar-refractivity contribution < 1.29 is 4.79 Å². The quantitative estimate of drug-likeness (QED) is 0.820. The monoisotopic (exact) mass is 261 g/mol. The number of nitrogen functional groups attached to an aromatic ring is 1. The van der Waals surface area contributed by atoms with Crippen LogP contribution in [0.3, 0.4) is 0 Å². The SMILES string of the molecule is CC1CCCC1NC(=O)c1cc(N)ccc1N(C)C. The second kappa shape index (κ2) is 5.51. The summed E-state index contributed by atoms with van der Waals surface area (Å²) in [7, 11) is 3.86. The zero-order valence-corrected chi connectivity index (χ0v) is 11.9. The van der Waals surface area contributed by atoms with Crippen LogP contribution in [0.1, 0.15) is 36.5 Å². The lowest BCUT2D eigenvalue weighted by Crippen LogP contribution is -2.37. The Morgan fingerprint density at radius 2 is 2.11 bits per heavy atom. The molecule has 1 saturated carbocycles. The number of hydrogen-bond donors (Lipinski definition) is 2. The fraction of sp³-hybridized carbons (Fsp3) is 0.533. The lowest BCUT2D eigenvalue weighted by Gasteiger charge is -2.21. The molecule has 4 nitrogen and oxygen atoms in total. The summed E-state index contributed by atoms with van der Waals surface area (Å²) in [5, 5.41) is 3.15. The van der Waals surface area contributed by atoms with Crippen LogP contribution in [0.25, 0.3) is 0 Å². The van der Waals surface area contributed by atoms with Crippen LogP contribution < -0.4 is 16.0 Å². The summed E-state index contributed by atoms with van der Waals surface area (Å²) in [5.74, 6) is 0.544. The summed E-state index contributed by atoms with van der Waals surface area (Å²) in [6, 6.07) is 5.76. The Morgan fingerprint density at radius 1 is 1.37 bits per heavy atom. The molecule has 3 N–H and O–H groups in total. The van der Waals surface area contributed by atoms with E-state index in [9.17, 15) is 4.79 Å². The lowest BCUT2D eigenvalue weighted by molar-refractivity contribution is 0.0930. The highest BCUT2D eigenvalue weighted by molar-refractivity contribution is 6.00. The van der Waals surface area contributed by atoms with Gasteiger partial charge in [-0.1, -0.05) is 13.3 Å². The third-order valence-corrected chi connectivity index (χ3v) is 3.93. The van der Waals surface area contributed by atoms with Crippen molar-refractivity contribution in [3.05, 3.63) is 23.8 Å². The smallest absolute Gasteiger partial charge is 0.253 e. The van der Waals surface area contributed by atoms with Gasteiger partial charge < -0.3 is 16.0 Å². The van der Waals surface area contributed by atoms with Crippen molar-refractivity contribution in [1.82, 2.24) is 5.32 Å². The van der Waals surface area contributed by atoms with Crippen LogP contribution in [0.15, 0.2) is 18.2 Å². The Bertz CT molecular complexity index is 470. The third kappa shape index (κ3) is 3.00. The molecule has 0 bridgehead atoms. The number of amides is 1. The van der Waals surface area contributed by atoms with Crippen molar-refractivity contribution in [2.75, 3.05) is 24.7 Å². The van der Waals surface area contributed by atoms with Crippen LogP contribution in [0.2, 0.25) is 0 Å². The molecule has 2 unspecified atom stereocenters. The molecule has 0 spiro atoms. The fourth-order valence-corrected chi connectivity index (χ4v) is 2.73. The number of hydrogen-bond acceptors (Lipinski definition) is 3. The van der Waals surface area contributed by atoms with Crippen molar-refractivity contribution in [3.8, 4) is 0 Å². The molecule has 1 fully saturated rings. The van der Waals surface area contributed by atoms with E-state index in [0.29, 0.717) is 23.2 Å². The molecule has 1 amide bonds. The standard InChI is InChI=1S/C15H23N3O/c1-10-5-4-6-13(10)17-15(19)12-9-11(16)7-8-14(12)18(2)3/h7-10,13H,4-6,16H2,1-3H3,(H,17,19). The Kier molecular flexibility index (Phi) is 3.98. The van der Waals surface area contributed by atoms with Gasteiger partial charge in [-0.25, -0.2) is 0 Å². The van der Waals surface area contributed by atoms with Crippen LogP contribution in [0, 0.1) is 5.92 Å². The number of anilines is 2. The first-order chi connectivity index (χ1) is 8.99. The summed E-state index contributed by atoms with van der Waals surface area (Å²) in [6.45, 7) is 2.20. The normalized spacial score (nSPS) is 22.3. The molecular formula is C15H23N3O. The maximum absolute atomic E-state index is 12.4. The molecule has 0 aromatic heterocycles. The van der Waals surface area contributed by atoms with Gasteiger partial charge in [0.25, 0.3) is 5.91 Å². The average molecular weight is 261 g/mol. The van der Waals surface area contributed by atoms with Crippen LogP contribution in [0.5, 0.6) is 0 Å². The first-order valence-electron chi connectivity index (χ1n) is 6.86. The second-order valence-electron chi connectivity index (χ2n) is 5.66. The summed E-state index contributed by atoms with van der Waals surface area (Å²) in [6.07, 6.45) is 3.47. The Labute approximate surface area is 115 Å². The summed E-state index contributed by atoms with van der Waals surface area (Å²) in [4.78, 5) is 14.4. The number of benzene rings is 1. The van der Waals surface area contributed by atoms with Gasteiger partial charge in [0.15, 0.2) is 0 Å². The molecule has 0 aliphatic heterocycles. The van der Waals surface area contributed by atoms with Gasteiger partial charge in [0.2, 0.25) is 0 Å². The molecule has 0 saturated heterocycles. The van der Waals surface area contributed by atoms with E-state index >= 15 is 0 Å². The number of nitrogens with zero attached hydrogens (tertiary/aromatic N) is 1. The van der Waals surface area contributed by atoms with Crippen molar-refractivity contribution in [2.45, 2.75) is 32.2 Å². The maximum atomic E-state index is 12.4. The summed E-state index contributed by atoms with van der Waals surface area (Å²) in [5.41, 5.74) is 7.98. The molecule has 4 heteroatoms.